The first-order valence-corrected chi connectivity index (χ1v) is 9.64. The van der Waals surface area contributed by atoms with Crippen LogP contribution < -0.4 is 5.56 Å². The second-order valence-corrected chi connectivity index (χ2v) is 6.96. The number of fused-ring (bicyclic) bond motifs is 1. The molecule has 0 atom stereocenters. The van der Waals surface area contributed by atoms with Crippen molar-refractivity contribution < 1.29 is 9.21 Å². The van der Waals surface area contributed by atoms with E-state index in [4.69, 9.17) is 4.42 Å². The second-order valence-electron chi connectivity index (χ2n) is 6.96. The molecule has 27 heavy (non-hydrogen) atoms. The third-order valence-electron chi connectivity index (χ3n) is 4.91. The van der Waals surface area contributed by atoms with Gasteiger partial charge in [0.2, 0.25) is 0 Å². The molecule has 1 aromatic carbocycles. The van der Waals surface area contributed by atoms with Crippen molar-refractivity contribution in [2.75, 3.05) is 0 Å². The van der Waals surface area contributed by atoms with E-state index in [-0.39, 0.29) is 5.56 Å². The van der Waals surface area contributed by atoms with Crippen molar-refractivity contribution in [2.24, 2.45) is 7.05 Å². The maximum atomic E-state index is 12.1. The Morgan fingerprint density at radius 3 is 2.78 bits per heavy atom. The number of carbonyl (C=O) groups is 1. The lowest BCUT2D eigenvalue weighted by atomic mass is 10.1. The second kappa shape index (κ2) is 8.80. The highest BCUT2D eigenvalue weighted by atomic mass is 16.4. The van der Waals surface area contributed by atoms with Crippen LogP contribution in [-0.4, -0.2) is 15.3 Å². The Labute approximate surface area is 159 Å². The van der Waals surface area contributed by atoms with Crippen LogP contribution in [0.4, 0.5) is 0 Å². The van der Waals surface area contributed by atoms with Gasteiger partial charge in [0.05, 0.1) is 6.20 Å². The van der Waals surface area contributed by atoms with Crippen LogP contribution in [0.1, 0.15) is 51.3 Å². The molecule has 0 N–H and O–H groups in total. The molecule has 5 nitrogen and oxygen atoms in total. The van der Waals surface area contributed by atoms with E-state index < -0.39 is 0 Å². The first kappa shape index (κ1) is 19.1. The first-order valence-electron chi connectivity index (χ1n) is 9.64. The fourth-order valence-corrected chi connectivity index (χ4v) is 3.19. The maximum absolute atomic E-state index is 12.1. The van der Waals surface area contributed by atoms with E-state index in [0.29, 0.717) is 24.0 Å². The number of aromatic nitrogens is 2. The Morgan fingerprint density at radius 2 is 1.96 bits per heavy atom. The van der Waals surface area contributed by atoms with Gasteiger partial charge < -0.3 is 8.98 Å². The maximum Gasteiger partial charge on any atom is 0.258 e. The van der Waals surface area contributed by atoms with Crippen LogP contribution in [0, 0.1) is 0 Å². The van der Waals surface area contributed by atoms with Crippen molar-refractivity contribution in [3.8, 4) is 11.3 Å². The smallest absolute Gasteiger partial charge is 0.258 e. The summed E-state index contributed by atoms with van der Waals surface area (Å²) in [5, 5.41) is 1.60. The summed E-state index contributed by atoms with van der Waals surface area (Å²) in [4.78, 5) is 27.8. The van der Waals surface area contributed by atoms with E-state index in [1.54, 1.807) is 24.0 Å². The van der Waals surface area contributed by atoms with Gasteiger partial charge in [-0.05, 0) is 36.4 Å². The number of benzene rings is 1. The molecule has 0 saturated heterocycles. The number of ketones is 1. The molecule has 0 aliphatic heterocycles. The van der Waals surface area contributed by atoms with E-state index in [0.717, 1.165) is 54.7 Å². The largest absolute Gasteiger partial charge is 0.441 e. The zero-order valence-corrected chi connectivity index (χ0v) is 16.0. The quantitative estimate of drug-likeness (QED) is 0.516. The Hall–Kier alpha value is -2.69. The molecule has 0 fully saturated rings. The van der Waals surface area contributed by atoms with Crippen LogP contribution in [0.15, 0.2) is 45.9 Å². The molecule has 0 bridgehead atoms. The van der Waals surface area contributed by atoms with Crippen molar-refractivity contribution >= 4 is 16.6 Å². The minimum absolute atomic E-state index is 0.00190. The van der Waals surface area contributed by atoms with E-state index in [1.165, 1.54) is 0 Å². The summed E-state index contributed by atoms with van der Waals surface area (Å²) < 4.78 is 7.46. The first-order chi connectivity index (χ1) is 13.1. The SMILES string of the molecule is CCC(=O)CCCCCCc1ncc(-c2ccc3c(=O)n(C)ccc3c2)o1. The number of pyridine rings is 1. The summed E-state index contributed by atoms with van der Waals surface area (Å²) in [6.07, 6.45) is 9.79. The molecule has 0 aliphatic rings. The molecule has 3 aromatic rings. The predicted octanol–water partition coefficient (Wildman–Crippen LogP) is 4.67. The Bertz CT molecular complexity index is 985. The lowest BCUT2D eigenvalue weighted by Crippen LogP contribution is -2.15. The molecular formula is C22H26N2O3. The van der Waals surface area contributed by atoms with Crippen LogP contribution in [-0.2, 0) is 18.3 Å². The molecule has 142 valence electrons. The van der Waals surface area contributed by atoms with E-state index in [2.05, 4.69) is 4.98 Å². The summed E-state index contributed by atoms with van der Waals surface area (Å²) in [5.74, 6) is 1.81. The number of nitrogens with zero attached hydrogens (tertiary/aromatic N) is 2. The highest BCUT2D eigenvalue weighted by molar-refractivity contribution is 5.85. The number of unbranched alkanes of at least 4 members (excludes halogenated alkanes) is 3. The molecule has 3 rings (SSSR count). The predicted molar refractivity (Wildman–Crippen MR) is 107 cm³/mol. The van der Waals surface area contributed by atoms with Crippen molar-refractivity contribution in [1.29, 1.82) is 0 Å². The molecule has 0 radical (unpaired) electrons. The Balaban J connectivity index is 1.57. The zero-order valence-electron chi connectivity index (χ0n) is 16.0. The van der Waals surface area contributed by atoms with E-state index in [9.17, 15) is 9.59 Å². The summed E-state index contributed by atoms with van der Waals surface area (Å²) in [7, 11) is 1.75. The standard InChI is InChI=1S/C22H26N2O3/c1-3-18(25)8-6-4-5-7-9-21-23-15-20(27-21)17-10-11-19-16(14-17)12-13-24(2)22(19)26/h10-15H,3-9H2,1-2H3. The Morgan fingerprint density at radius 1 is 1.15 bits per heavy atom. The number of Topliss-reactive ketones (excluding diaryl/α,β-unsaturated/α-hetero) is 1. The summed E-state index contributed by atoms with van der Waals surface area (Å²) in [6, 6.07) is 7.64. The summed E-state index contributed by atoms with van der Waals surface area (Å²) in [6.45, 7) is 1.91. The van der Waals surface area contributed by atoms with Gasteiger partial charge in [0.15, 0.2) is 11.7 Å². The van der Waals surface area contributed by atoms with Crippen LogP contribution in [0.2, 0.25) is 0 Å². The lowest BCUT2D eigenvalue weighted by Gasteiger charge is -2.03. The fourth-order valence-electron chi connectivity index (χ4n) is 3.19. The van der Waals surface area contributed by atoms with Gasteiger partial charge in [-0.25, -0.2) is 4.98 Å². The molecule has 2 aromatic heterocycles. The van der Waals surface area contributed by atoms with Gasteiger partial charge in [0.1, 0.15) is 5.78 Å². The van der Waals surface area contributed by atoms with Crippen molar-refractivity contribution in [3.05, 3.63) is 52.9 Å². The van der Waals surface area contributed by atoms with Crippen LogP contribution >= 0.6 is 0 Å². The van der Waals surface area contributed by atoms with Crippen molar-refractivity contribution in [1.82, 2.24) is 9.55 Å². The topological polar surface area (TPSA) is 65.1 Å². The number of carbonyl (C=O) groups excluding carboxylic acids is 1. The average molecular weight is 366 g/mol. The Kier molecular flexibility index (Phi) is 6.22. The van der Waals surface area contributed by atoms with Crippen molar-refractivity contribution in [3.63, 3.8) is 0 Å². The van der Waals surface area contributed by atoms with Gasteiger partial charge in [-0.2, -0.15) is 0 Å². The zero-order chi connectivity index (χ0) is 19.2. The number of hydrogen-bond donors (Lipinski definition) is 0. The van der Waals surface area contributed by atoms with Gasteiger partial charge in [-0.15, -0.1) is 0 Å². The average Bonchev–Trinajstić information content (AvgIpc) is 3.16. The minimum atomic E-state index is -0.00190. The normalized spacial score (nSPS) is 11.2. The summed E-state index contributed by atoms with van der Waals surface area (Å²) >= 11 is 0. The monoisotopic (exact) mass is 366 g/mol. The van der Waals surface area contributed by atoms with E-state index in [1.807, 2.05) is 31.2 Å². The third-order valence-corrected chi connectivity index (χ3v) is 4.91. The fraction of sp³-hybridized carbons (Fsp3) is 0.409. The molecule has 5 heteroatoms. The highest BCUT2D eigenvalue weighted by Gasteiger charge is 2.09. The third kappa shape index (κ3) is 4.73. The number of oxazole rings is 1. The molecule has 0 unspecified atom stereocenters. The molecule has 0 spiro atoms. The number of aryl methyl sites for hydroxylation is 2. The van der Waals surface area contributed by atoms with Gasteiger partial charge >= 0.3 is 0 Å². The molecule has 0 amide bonds. The van der Waals surface area contributed by atoms with Crippen LogP contribution in [0.5, 0.6) is 0 Å². The molecular weight excluding hydrogens is 340 g/mol. The van der Waals surface area contributed by atoms with Crippen molar-refractivity contribution in [2.45, 2.75) is 51.9 Å². The van der Waals surface area contributed by atoms with Crippen LogP contribution in [0.25, 0.3) is 22.1 Å². The number of hydrogen-bond acceptors (Lipinski definition) is 4. The van der Waals surface area contributed by atoms with Crippen LogP contribution in [0.3, 0.4) is 0 Å². The van der Waals surface area contributed by atoms with Gasteiger partial charge in [-0.3, -0.25) is 9.59 Å². The van der Waals surface area contributed by atoms with Gasteiger partial charge in [0, 0.05) is 43.5 Å². The highest BCUT2D eigenvalue weighted by Crippen LogP contribution is 2.24. The van der Waals surface area contributed by atoms with E-state index >= 15 is 0 Å². The lowest BCUT2D eigenvalue weighted by molar-refractivity contribution is -0.118. The number of rotatable bonds is 9. The van der Waals surface area contributed by atoms with Gasteiger partial charge in [-0.1, -0.05) is 25.8 Å². The minimum Gasteiger partial charge on any atom is -0.441 e. The molecule has 2 heterocycles. The molecule has 0 aliphatic carbocycles. The molecule has 0 saturated carbocycles. The summed E-state index contributed by atoms with van der Waals surface area (Å²) in [5.41, 5.74) is 0.922. The van der Waals surface area contributed by atoms with Gasteiger partial charge in [0.25, 0.3) is 5.56 Å².